The van der Waals surface area contributed by atoms with Crippen molar-refractivity contribution in [3.63, 3.8) is 0 Å². The Balaban J connectivity index is 2.86. The fourth-order valence-corrected chi connectivity index (χ4v) is 1.73. The number of oxime groups is 1. The molecule has 0 bridgehead atoms. The highest BCUT2D eigenvalue weighted by molar-refractivity contribution is 5.85. The lowest BCUT2D eigenvalue weighted by molar-refractivity contribution is -0.151. The lowest BCUT2D eigenvalue weighted by Gasteiger charge is -2.31. The molecule has 0 fully saturated rings. The van der Waals surface area contributed by atoms with E-state index in [2.05, 4.69) is 10.1 Å². The van der Waals surface area contributed by atoms with Crippen molar-refractivity contribution in [2.24, 2.45) is 10.9 Å². The molecule has 0 radical (unpaired) electrons. The molecule has 0 aliphatic carbocycles. The van der Waals surface area contributed by atoms with Gasteiger partial charge in [0.15, 0.2) is 0 Å². The summed E-state index contributed by atoms with van der Waals surface area (Å²) in [6, 6.07) is 3.69. The first kappa shape index (κ1) is 16.9. The summed E-state index contributed by atoms with van der Waals surface area (Å²) in [6.45, 7) is 4.12. The number of hydrogen-bond donors (Lipinski definition) is 2. The smallest absolute Gasteiger partial charge is 0.254 e. The third kappa shape index (κ3) is 5.03. The summed E-state index contributed by atoms with van der Waals surface area (Å²) in [6.07, 6.45) is 3.65. The molecular formula is C14H22N4O3. The van der Waals surface area contributed by atoms with Crippen LogP contribution >= 0.6 is 0 Å². The molecule has 0 saturated carbocycles. The van der Waals surface area contributed by atoms with Gasteiger partial charge in [0, 0.05) is 39.0 Å². The van der Waals surface area contributed by atoms with Crippen molar-refractivity contribution in [2.45, 2.75) is 32.4 Å². The molecule has 0 aromatic carbocycles. The number of hydrogen-bond acceptors (Lipinski definition) is 5. The standard InChI is InChI=1S/C14H22N4O3/c1-14(2,21-3)13(19)18(8-6-12(15)17-20)10-11-5-4-7-16-9-11/h4-5,7,9,20H,6,8,10H2,1-3H3,(H2,15,17). The van der Waals surface area contributed by atoms with Crippen LogP contribution in [0.3, 0.4) is 0 Å². The van der Waals surface area contributed by atoms with Gasteiger partial charge in [0.05, 0.1) is 0 Å². The van der Waals surface area contributed by atoms with Crippen LogP contribution in [0.2, 0.25) is 0 Å². The molecule has 7 heteroatoms. The first-order valence-corrected chi connectivity index (χ1v) is 6.60. The summed E-state index contributed by atoms with van der Waals surface area (Å²) < 4.78 is 5.23. The van der Waals surface area contributed by atoms with Gasteiger partial charge in [-0.25, -0.2) is 0 Å². The molecule has 0 saturated heterocycles. The van der Waals surface area contributed by atoms with Crippen LogP contribution in [0.1, 0.15) is 25.8 Å². The largest absolute Gasteiger partial charge is 0.409 e. The topological polar surface area (TPSA) is 101 Å². The Kier molecular flexibility index (Phi) is 6.10. The number of amidine groups is 1. The van der Waals surface area contributed by atoms with Crippen molar-refractivity contribution in [1.29, 1.82) is 0 Å². The predicted octanol–water partition coefficient (Wildman–Crippen LogP) is 0.972. The highest BCUT2D eigenvalue weighted by atomic mass is 16.5. The van der Waals surface area contributed by atoms with E-state index in [0.717, 1.165) is 5.56 Å². The molecule has 3 N–H and O–H groups in total. The van der Waals surface area contributed by atoms with Crippen LogP contribution in [-0.2, 0) is 16.1 Å². The fraction of sp³-hybridized carbons (Fsp3) is 0.500. The van der Waals surface area contributed by atoms with Crippen molar-refractivity contribution in [3.05, 3.63) is 30.1 Å². The quantitative estimate of drug-likeness (QED) is 0.338. The van der Waals surface area contributed by atoms with Gasteiger partial charge in [0.2, 0.25) is 0 Å². The number of nitrogens with two attached hydrogens (primary N) is 1. The number of aromatic nitrogens is 1. The maximum absolute atomic E-state index is 12.5. The molecule has 1 heterocycles. The van der Waals surface area contributed by atoms with Gasteiger partial charge in [-0.15, -0.1) is 0 Å². The number of pyridine rings is 1. The third-order valence-electron chi connectivity index (χ3n) is 3.18. The van der Waals surface area contributed by atoms with E-state index in [1.54, 1.807) is 31.1 Å². The number of carbonyl (C=O) groups excluding carboxylic acids is 1. The minimum Gasteiger partial charge on any atom is -0.409 e. The van der Waals surface area contributed by atoms with E-state index < -0.39 is 5.60 Å². The zero-order valence-electron chi connectivity index (χ0n) is 12.6. The van der Waals surface area contributed by atoms with Gasteiger partial charge in [-0.3, -0.25) is 9.78 Å². The minimum absolute atomic E-state index is 0.0780. The fourth-order valence-electron chi connectivity index (χ4n) is 1.73. The van der Waals surface area contributed by atoms with Crippen LogP contribution in [-0.4, -0.2) is 46.1 Å². The Morgan fingerprint density at radius 1 is 1.57 bits per heavy atom. The van der Waals surface area contributed by atoms with E-state index >= 15 is 0 Å². The monoisotopic (exact) mass is 294 g/mol. The third-order valence-corrected chi connectivity index (χ3v) is 3.18. The molecule has 0 atom stereocenters. The molecule has 0 spiro atoms. The molecule has 1 rings (SSSR count). The first-order chi connectivity index (χ1) is 9.90. The number of ether oxygens (including phenoxy) is 1. The molecule has 1 aromatic heterocycles. The zero-order valence-corrected chi connectivity index (χ0v) is 12.6. The zero-order chi connectivity index (χ0) is 15.9. The van der Waals surface area contributed by atoms with Crippen LogP contribution in [0.25, 0.3) is 0 Å². The van der Waals surface area contributed by atoms with E-state index in [4.69, 9.17) is 15.7 Å². The summed E-state index contributed by atoms with van der Waals surface area (Å²) in [5.74, 6) is -0.0891. The lowest BCUT2D eigenvalue weighted by atomic mass is 10.1. The second kappa shape index (κ2) is 7.58. The molecule has 116 valence electrons. The summed E-state index contributed by atoms with van der Waals surface area (Å²) in [4.78, 5) is 18.2. The number of methoxy groups -OCH3 is 1. The van der Waals surface area contributed by atoms with Gasteiger partial charge in [-0.2, -0.15) is 0 Å². The second-order valence-corrected chi connectivity index (χ2v) is 5.14. The highest BCUT2D eigenvalue weighted by Crippen LogP contribution is 2.15. The first-order valence-electron chi connectivity index (χ1n) is 6.60. The number of amides is 1. The molecule has 0 unspecified atom stereocenters. The maximum Gasteiger partial charge on any atom is 0.254 e. The Morgan fingerprint density at radius 2 is 2.29 bits per heavy atom. The highest BCUT2D eigenvalue weighted by Gasteiger charge is 2.31. The molecular weight excluding hydrogens is 272 g/mol. The van der Waals surface area contributed by atoms with Crippen molar-refractivity contribution < 1.29 is 14.7 Å². The average molecular weight is 294 g/mol. The van der Waals surface area contributed by atoms with E-state index in [1.165, 1.54) is 7.11 Å². The molecule has 1 amide bonds. The SMILES string of the molecule is COC(C)(C)C(=O)N(CC/C(N)=N/O)Cc1cccnc1. The number of rotatable bonds is 7. The molecule has 0 aliphatic heterocycles. The van der Waals surface area contributed by atoms with Crippen LogP contribution in [0.4, 0.5) is 0 Å². The minimum atomic E-state index is -0.937. The Bertz CT molecular complexity index is 488. The normalized spacial score (nSPS) is 12.2. The molecule has 7 nitrogen and oxygen atoms in total. The summed E-state index contributed by atoms with van der Waals surface area (Å²) >= 11 is 0. The van der Waals surface area contributed by atoms with E-state index in [1.807, 2.05) is 12.1 Å². The Labute approximate surface area is 124 Å². The molecule has 0 aliphatic rings. The van der Waals surface area contributed by atoms with E-state index in [-0.39, 0.29) is 18.2 Å². The second-order valence-electron chi connectivity index (χ2n) is 5.14. The van der Waals surface area contributed by atoms with Crippen molar-refractivity contribution >= 4 is 11.7 Å². The summed E-state index contributed by atoms with van der Waals surface area (Å²) in [7, 11) is 1.49. The Hall–Kier alpha value is -2.15. The molecule has 1 aromatic rings. The van der Waals surface area contributed by atoms with Crippen LogP contribution in [0.5, 0.6) is 0 Å². The maximum atomic E-state index is 12.5. The van der Waals surface area contributed by atoms with Crippen LogP contribution in [0.15, 0.2) is 29.7 Å². The number of carbonyl (C=O) groups is 1. The van der Waals surface area contributed by atoms with Gasteiger partial charge in [-0.05, 0) is 25.5 Å². The average Bonchev–Trinajstić information content (AvgIpc) is 2.51. The van der Waals surface area contributed by atoms with Crippen molar-refractivity contribution in [3.8, 4) is 0 Å². The number of nitrogens with zero attached hydrogens (tertiary/aromatic N) is 3. The van der Waals surface area contributed by atoms with Crippen LogP contribution < -0.4 is 5.73 Å². The van der Waals surface area contributed by atoms with Gasteiger partial charge in [0.1, 0.15) is 11.4 Å². The predicted molar refractivity (Wildman–Crippen MR) is 78.8 cm³/mol. The Morgan fingerprint density at radius 3 is 2.81 bits per heavy atom. The van der Waals surface area contributed by atoms with Gasteiger partial charge < -0.3 is 20.6 Å². The molecule has 21 heavy (non-hydrogen) atoms. The van der Waals surface area contributed by atoms with Crippen molar-refractivity contribution in [2.75, 3.05) is 13.7 Å². The van der Waals surface area contributed by atoms with Gasteiger partial charge in [0.25, 0.3) is 5.91 Å². The van der Waals surface area contributed by atoms with E-state index in [9.17, 15) is 4.79 Å². The van der Waals surface area contributed by atoms with Gasteiger partial charge >= 0.3 is 0 Å². The van der Waals surface area contributed by atoms with Crippen molar-refractivity contribution in [1.82, 2.24) is 9.88 Å². The summed E-state index contributed by atoms with van der Waals surface area (Å²) in [5.41, 5.74) is 5.44. The van der Waals surface area contributed by atoms with Gasteiger partial charge in [-0.1, -0.05) is 11.2 Å². The lowest BCUT2D eigenvalue weighted by Crippen LogP contribution is -2.47. The van der Waals surface area contributed by atoms with Crippen LogP contribution in [0, 0.1) is 0 Å². The van der Waals surface area contributed by atoms with E-state index in [0.29, 0.717) is 13.1 Å². The summed E-state index contributed by atoms with van der Waals surface area (Å²) in [5, 5.41) is 11.5.